The van der Waals surface area contributed by atoms with Gasteiger partial charge in [-0.1, -0.05) is 74.7 Å². The van der Waals surface area contributed by atoms with Crippen molar-refractivity contribution < 1.29 is 52.7 Å². The zero-order chi connectivity index (χ0) is 63.2. The number of fused-ring (bicyclic) bond motifs is 7. The first-order valence-corrected chi connectivity index (χ1v) is 32.8. The Hall–Kier alpha value is -6.15. The van der Waals surface area contributed by atoms with Crippen LogP contribution in [0.1, 0.15) is 90.2 Å². The number of carbonyl (C=O) groups excluding carboxylic acids is 4. The lowest BCUT2D eigenvalue weighted by atomic mass is 9.72. The SMILES string of the molecule is COc1cc2cc(c1Cl)N(C)C(=O)C[C@H](OC(O)C(C)N(C)C(=O)CCSSCCC(=O)NCCNc1ncc(-c3cc(C)cc(F)c3)c(N3CCC(N)CC3)c1-c1nc3ccc(Cl)cc3[nH]1)C1(C)CC(C)(O1)C1C[C@](O)(C/C=C/C=C(\C)C2)NC(=O)O1. The summed E-state index contributed by atoms with van der Waals surface area (Å²) in [5, 5.41) is 33.1. The number of rotatable bonds is 19. The average molecular weight is 1290 g/mol. The Labute approximate surface area is 530 Å². The van der Waals surface area contributed by atoms with Gasteiger partial charge in [-0.25, -0.2) is 19.2 Å². The molecule has 3 saturated heterocycles. The molecular weight excluding hydrogens is 1210 g/mol. The summed E-state index contributed by atoms with van der Waals surface area (Å²) in [7, 11) is 7.58. The number of alkyl carbamates (subject to hydrolysis) is 1. The first-order valence-electron chi connectivity index (χ1n) is 29.5. The fourth-order valence-electron chi connectivity index (χ4n) is 11.9. The van der Waals surface area contributed by atoms with E-state index in [9.17, 15) is 33.8 Å². The van der Waals surface area contributed by atoms with Gasteiger partial charge < -0.3 is 65.2 Å². The van der Waals surface area contributed by atoms with Crippen molar-refractivity contribution in [1.29, 1.82) is 0 Å². The van der Waals surface area contributed by atoms with Gasteiger partial charge in [-0.3, -0.25) is 19.7 Å². The van der Waals surface area contributed by atoms with Crippen molar-refractivity contribution >= 4 is 96.8 Å². The molecule has 5 aromatic rings. The highest BCUT2D eigenvalue weighted by Gasteiger charge is 2.62. The monoisotopic (exact) mass is 1290 g/mol. The first-order chi connectivity index (χ1) is 41.8. The van der Waals surface area contributed by atoms with Crippen molar-refractivity contribution in [2.24, 2.45) is 5.73 Å². The van der Waals surface area contributed by atoms with Gasteiger partial charge in [0.25, 0.3) is 0 Å². The number of anilines is 3. The Balaban J connectivity index is 0.789. The number of ether oxygens (including phenoxy) is 4. The fourth-order valence-corrected chi connectivity index (χ4v) is 14.3. The van der Waals surface area contributed by atoms with E-state index in [1.165, 1.54) is 50.6 Å². The van der Waals surface area contributed by atoms with Crippen molar-refractivity contribution in [3.05, 3.63) is 106 Å². The minimum absolute atomic E-state index is 0.00655. The van der Waals surface area contributed by atoms with Gasteiger partial charge in [-0.05, 0) is 113 Å². The lowest BCUT2D eigenvalue weighted by molar-refractivity contribution is -0.343. The van der Waals surface area contributed by atoms with Gasteiger partial charge in [0.05, 0.1) is 59.2 Å². The van der Waals surface area contributed by atoms with E-state index in [1.807, 2.05) is 50.3 Å². The molecule has 88 heavy (non-hydrogen) atoms. The van der Waals surface area contributed by atoms with Gasteiger partial charge in [0.2, 0.25) is 17.7 Å². The maximum absolute atomic E-state index is 15.0. The van der Waals surface area contributed by atoms with Crippen LogP contribution < -0.4 is 36.2 Å². The summed E-state index contributed by atoms with van der Waals surface area (Å²) in [6.07, 6.45) is 5.25. The number of imidazole rings is 1. The molecule has 5 aliphatic heterocycles. The number of aromatic amines is 1. The number of pyridine rings is 1. The van der Waals surface area contributed by atoms with Gasteiger partial charge >= 0.3 is 6.09 Å². The van der Waals surface area contributed by atoms with Crippen molar-refractivity contribution in [3.8, 4) is 28.3 Å². The number of likely N-dealkylation sites (N-methyl/N-ethyl adjacent to an activating group) is 1. The summed E-state index contributed by atoms with van der Waals surface area (Å²) in [5.41, 5.74) is 9.77. The molecule has 8 N–H and O–H groups in total. The fraction of sp³-hybridized carbons (Fsp3) is 0.492. The number of nitrogens with one attached hydrogen (secondary N) is 4. The van der Waals surface area contributed by atoms with E-state index >= 15 is 0 Å². The quantitative estimate of drug-likeness (QED) is 0.0230. The number of aryl methyl sites for hydroxylation is 1. The second-order valence-corrected chi connectivity index (χ2v) is 27.3. The summed E-state index contributed by atoms with van der Waals surface area (Å²) in [6, 6.07) is 13.2. The number of H-pyrrole nitrogens is 1. The maximum atomic E-state index is 15.0. The number of aromatic nitrogens is 3. The Morgan fingerprint density at radius 3 is 2.51 bits per heavy atom. The van der Waals surface area contributed by atoms with E-state index in [4.69, 9.17) is 57.9 Å². The molecule has 3 aromatic carbocycles. The molecule has 6 bridgehead atoms. The third kappa shape index (κ3) is 15.7. The number of aliphatic hydroxyl groups excluding tert-OH is 1. The van der Waals surface area contributed by atoms with E-state index in [0.717, 1.165) is 46.3 Å². The standard InChI is InChI=1S/C63H79Cl2FN10O10S2/c1-36-11-9-10-18-63(82)33-50(85-60(81)73-63)62(5)35-61(4,86-62)49(32-53(79)75(7)47-28-39(25-36)29-48(83-8)55(47)65)84-59(80)38(3)74(6)52(78)17-24-88-87-23-16-51(77)68-19-20-69-57-54(58-71-45-13-12-41(64)31-46(45)72-58)56(76-21-14-43(67)15-22-76)44(34-70-57)40-26-37(2)27-42(66)30-40/h9-13,26-31,34,38,43,49-50,59,80,82H,14-25,32-33,35,67H2,1-8H3,(H,68,77)(H,69,70)(H,71,72)(H,73,81)/b10-9+,36-11+/t38?,49-,50?,59?,61?,62?,63+/m0/s1. The lowest BCUT2D eigenvalue weighted by Gasteiger charge is -2.59. The molecule has 0 aliphatic carbocycles. The van der Waals surface area contributed by atoms with Crippen LogP contribution >= 0.6 is 44.8 Å². The second-order valence-electron chi connectivity index (χ2n) is 23.8. The Morgan fingerprint density at radius 1 is 1.05 bits per heavy atom. The molecule has 0 spiro atoms. The zero-order valence-corrected chi connectivity index (χ0v) is 54.0. The highest BCUT2D eigenvalue weighted by atomic mass is 35.5. The van der Waals surface area contributed by atoms with Crippen molar-refractivity contribution in [3.63, 3.8) is 0 Å². The predicted octanol–water partition coefficient (Wildman–Crippen LogP) is 9.85. The molecule has 10 rings (SSSR count). The normalized spacial score (nSPS) is 24.3. The number of methoxy groups -OCH3 is 1. The maximum Gasteiger partial charge on any atom is 0.409 e. The van der Waals surface area contributed by atoms with Crippen LogP contribution in [0.4, 0.5) is 26.4 Å². The molecule has 0 radical (unpaired) electrons. The largest absolute Gasteiger partial charge is 0.495 e. The minimum atomic E-state index is -1.64. The van der Waals surface area contributed by atoms with Gasteiger partial charge in [0.1, 0.15) is 45.7 Å². The first kappa shape index (κ1) is 66.3. The number of aliphatic hydroxyl groups is 2. The molecule has 7 heterocycles. The Morgan fingerprint density at radius 2 is 1.78 bits per heavy atom. The van der Waals surface area contributed by atoms with Gasteiger partial charge in [-0.2, -0.15) is 0 Å². The second kappa shape index (κ2) is 28.3. The molecule has 7 atom stereocenters. The van der Waals surface area contributed by atoms with Crippen LogP contribution in [-0.4, -0.2) is 160 Å². The molecule has 20 nitrogen and oxygen atoms in total. The number of benzene rings is 3. The number of carbonyl (C=O) groups is 4. The number of amides is 4. The molecule has 3 fully saturated rings. The van der Waals surface area contributed by atoms with Crippen LogP contribution in [0.3, 0.4) is 0 Å². The molecule has 5 aliphatic rings. The van der Waals surface area contributed by atoms with Crippen molar-refractivity contribution in [2.45, 2.75) is 140 Å². The highest BCUT2D eigenvalue weighted by Crippen LogP contribution is 2.51. The van der Waals surface area contributed by atoms with Crippen LogP contribution in [0.15, 0.2) is 78.5 Å². The molecule has 25 heteroatoms. The molecule has 5 unspecified atom stereocenters. The minimum Gasteiger partial charge on any atom is -0.495 e. The van der Waals surface area contributed by atoms with E-state index in [-0.39, 0.29) is 73.8 Å². The molecular formula is C63H79Cl2FN10O10S2. The number of hydrogen-bond donors (Lipinski definition) is 7. The predicted molar refractivity (Wildman–Crippen MR) is 345 cm³/mol. The number of nitrogens with zero attached hydrogens (tertiary/aromatic N) is 5. The number of nitrogens with two attached hydrogens (primary N) is 1. The number of halogens is 3. The highest BCUT2D eigenvalue weighted by molar-refractivity contribution is 8.76. The summed E-state index contributed by atoms with van der Waals surface area (Å²) >= 11 is 13.2. The van der Waals surface area contributed by atoms with E-state index in [1.54, 1.807) is 59.3 Å². The summed E-state index contributed by atoms with van der Waals surface area (Å²) in [5.74, 6) is 1.18. The Kier molecular flexibility index (Phi) is 21.3. The van der Waals surface area contributed by atoms with Crippen molar-refractivity contribution in [1.82, 2.24) is 30.5 Å². The smallest absolute Gasteiger partial charge is 0.409 e. The topological polar surface area (TPSA) is 259 Å². The molecule has 4 amide bonds. The van der Waals surface area contributed by atoms with Gasteiger partial charge in [0, 0.05) is 107 Å². The van der Waals surface area contributed by atoms with E-state index in [0.29, 0.717) is 82.3 Å². The lowest BCUT2D eigenvalue weighted by Crippen LogP contribution is -2.71. The third-order valence-corrected chi connectivity index (χ3v) is 19.8. The van der Waals surface area contributed by atoms with Crippen LogP contribution in [0.5, 0.6) is 5.75 Å². The van der Waals surface area contributed by atoms with Gasteiger partial charge in [0.15, 0.2) is 6.29 Å². The van der Waals surface area contributed by atoms with E-state index in [2.05, 4.69) is 25.8 Å². The number of piperidine rings is 1. The number of hydrogen-bond acceptors (Lipinski definition) is 17. The Bertz CT molecular complexity index is 3430. The van der Waals surface area contributed by atoms with Gasteiger partial charge in [-0.15, -0.1) is 0 Å². The molecule has 0 saturated carbocycles. The van der Waals surface area contributed by atoms with Crippen LogP contribution in [0.2, 0.25) is 10.0 Å². The summed E-state index contributed by atoms with van der Waals surface area (Å²) in [4.78, 5) is 72.5. The summed E-state index contributed by atoms with van der Waals surface area (Å²) in [6.45, 7) is 10.9. The van der Waals surface area contributed by atoms with Crippen LogP contribution in [0, 0.1) is 12.7 Å². The zero-order valence-electron chi connectivity index (χ0n) is 50.8. The van der Waals surface area contributed by atoms with Crippen molar-refractivity contribution in [2.75, 3.05) is 74.0 Å². The molecule has 474 valence electrons. The average Bonchev–Trinajstić information content (AvgIpc) is 3.22. The van der Waals surface area contributed by atoms with Crippen LogP contribution in [-0.2, 0) is 35.0 Å². The molecule has 2 aromatic heterocycles. The number of allylic oxidation sites excluding steroid dienone is 3. The third-order valence-electron chi connectivity index (χ3n) is 16.8. The van der Waals surface area contributed by atoms with Crippen LogP contribution in [0.25, 0.3) is 33.5 Å². The summed E-state index contributed by atoms with van der Waals surface area (Å²) < 4.78 is 39.4. The van der Waals surface area contributed by atoms with E-state index < -0.39 is 53.5 Å².